The number of fused-ring (bicyclic) bond motifs is 1. The molecular formula is C22H16Cl2N4O4S. The summed E-state index contributed by atoms with van der Waals surface area (Å²) in [6.45, 7) is -0.691. The van der Waals surface area contributed by atoms with E-state index < -0.39 is 22.5 Å². The topological polar surface area (TPSA) is 115 Å². The van der Waals surface area contributed by atoms with Gasteiger partial charge in [0.1, 0.15) is 6.54 Å². The second-order valence-corrected chi connectivity index (χ2v) is 9.51. The third-order valence-electron chi connectivity index (χ3n) is 4.73. The first-order chi connectivity index (χ1) is 15.8. The number of amides is 1. The number of carbonyl (C=O) groups is 1. The molecule has 4 aromatic rings. The first-order valence-electron chi connectivity index (χ1n) is 9.55. The molecule has 0 saturated carbocycles. The number of para-hydroxylation sites is 1. The lowest BCUT2D eigenvalue weighted by Gasteiger charge is -2.24. The van der Waals surface area contributed by atoms with Gasteiger partial charge in [0.2, 0.25) is 5.88 Å². The van der Waals surface area contributed by atoms with Gasteiger partial charge in [-0.25, -0.2) is 8.42 Å². The average molecular weight is 503 g/mol. The van der Waals surface area contributed by atoms with Gasteiger partial charge in [0, 0.05) is 5.39 Å². The van der Waals surface area contributed by atoms with Gasteiger partial charge in [-0.05, 0) is 30.3 Å². The highest BCUT2D eigenvalue weighted by Crippen LogP contribution is 2.37. The molecule has 0 aliphatic heterocycles. The minimum absolute atomic E-state index is 0.0199. The lowest BCUT2D eigenvalue weighted by atomic mass is 10.2. The zero-order chi connectivity index (χ0) is 23.6. The van der Waals surface area contributed by atoms with Gasteiger partial charge in [-0.3, -0.25) is 9.10 Å². The van der Waals surface area contributed by atoms with E-state index in [0.717, 1.165) is 4.31 Å². The molecule has 1 heterocycles. The lowest BCUT2D eigenvalue weighted by Crippen LogP contribution is -2.35. The number of carbonyl (C=O) groups excluding carboxylic acids is 1. The normalized spacial score (nSPS) is 11.8. The highest BCUT2D eigenvalue weighted by molar-refractivity contribution is 7.92. The van der Waals surface area contributed by atoms with E-state index in [1.54, 1.807) is 42.5 Å². The molecular weight excluding hydrogens is 487 g/mol. The highest BCUT2D eigenvalue weighted by Gasteiger charge is 2.29. The fraction of sp³-hybridized carbons (Fsp3) is 0.0455. The molecule has 0 fully saturated rings. The Labute approximate surface area is 199 Å². The summed E-state index contributed by atoms with van der Waals surface area (Å²) in [6, 6.07) is 19.0. The molecule has 0 spiro atoms. The Balaban J connectivity index is 1.71. The molecule has 0 radical (unpaired) electrons. The van der Waals surface area contributed by atoms with Crippen molar-refractivity contribution in [1.82, 2.24) is 4.98 Å². The third kappa shape index (κ3) is 4.56. The number of benzene rings is 3. The number of anilines is 1. The molecule has 8 nitrogen and oxygen atoms in total. The number of aromatic hydroxyl groups is 1. The van der Waals surface area contributed by atoms with Gasteiger partial charge in [-0.1, -0.05) is 65.7 Å². The molecule has 0 bridgehead atoms. The summed E-state index contributed by atoms with van der Waals surface area (Å²) in [5, 5.41) is 18.2. The Morgan fingerprint density at radius 1 is 0.970 bits per heavy atom. The zero-order valence-electron chi connectivity index (χ0n) is 16.8. The van der Waals surface area contributed by atoms with Gasteiger partial charge in [0.25, 0.3) is 15.9 Å². The molecule has 0 aliphatic carbocycles. The fourth-order valence-electron chi connectivity index (χ4n) is 3.18. The summed E-state index contributed by atoms with van der Waals surface area (Å²) in [7, 11) is -4.19. The zero-order valence-corrected chi connectivity index (χ0v) is 19.1. The van der Waals surface area contributed by atoms with Crippen molar-refractivity contribution in [3.8, 4) is 5.88 Å². The second kappa shape index (κ2) is 9.22. The van der Waals surface area contributed by atoms with Crippen molar-refractivity contribution in [2.75, 3.05) is 10.8 Å². The predicted molar refractivity (Wildman–Crippen MR) is 127 cm³/mol. The fourth-order valence-corrected chi connectivity index (χ4v) is 5.07. The second-order valence-electron chi connectivity index (χ2n) is 6.86. The molecule has 1 amide bonds. The van der Waals surface area contributed by atoms with Crippen LogP contribution in [0, 0.1) is 0 Å². The van der Waals surface area contributed by atoms with E-state index in [1.165, 1.54) is 30.3 Å². The molecule has 2 N–H and O–H groups in total. The summed E-state index contributed by atoms with van der Waals surface area (Å²) >= 11 is 12.3. The Kier molecular flexibility index (Phi) is 6.37. The van der Waals surface area contributed by atoms with Crippen molar-refractivity contribution < 1.29 is 18.3 Å². The van der Waals surface area contributed by atoms with Crippen molar-refractivity contribution in [1.29, 1.82) is 0 Å². The summed E-state index contributed by atoms with van der Waals surface area (Å²) in [5.41, 5.74) is 0.694. The van der Waals surface area contributed by atoms with E-state index in [1.807, 2.05) is 0 Å². The molecule has 0 saturated heterocycles. The Morgan fingerprint density at radius 2 is 1.67 bits per heavy atom. The van der Waals surface area contributed by atoms with Crippen LogP contribution in [0.15, 0.2) is 87.9 Å². The molecule has 0 unspecified atom stereocenters. The Bertz CT molecular complexity index is 1470. The lowest BCUT2D eigenvalue weighted by molar-refractivity contribution is -0.116. The van der Waals surface area contributed by atoms with Crippen molar-refractivity contribution >= 4 is 61.4 Å². The molecule has 0 aliphatic rings. The molecule has 0 atom stereocenters. The van der Waals surface area contributed by atoms with Gasteiger partial charge in [0.15, 0.2) is 5.69 Å². The summed E-state index contributed by atoms with van der Waals surface area (Å²) in [4.78, 5) is 15.4. The van der Waals surface area contributed by atoms with E-state index in [9.17, 15) is 18.3 Å². The van der Waals surface area contributed by atoms with Gasteiger partial charge >= 0.3 is 0 Å². The van der Waals surface area contributed by atoms with Crippen LogP contribution in [0.5, 0.6) is 5.88 Å². The van der Waals surface area contributed by atoms with E-state index in [2.05, 4.69) is 15.2 Å². The van der Waals surface area contributed by atoms with Gasteiger partial charge < -0.3 is 10.1 Å². The van der Waals surface area contributed by atoms with Crippen LogP contribution in [0.1, 0.15) is 0 Å². The monoisotopic (exact) mass is 502 g/mol. The standard InChI is InChI=1S/C22H16Cl2N4O4S/c23-16-10-6-12-18(20(16)24)28(33(31,32)14-7-2-1-3-8-14)13-19(29)26-27-21-15-9-4-5-11-17(15)25-22(21)30/h1-12,25,30H,13H2. The summed E-state index contributed by atoms with van der Waals surface area (Å²) in [5.74, 6) is -1.14. The minimum atomic E-state index is -4.19. The maximum Gasteiger partial charge on any atom is 0.285 e. The third-order valence-corrected chi connectivity index (χ3v) is 7.31. The first-order valence-corrected chi connectivity index (χ1v) is 11.7. The number of hydrogen-bond donors (Lipinski definition) is 2. The van der Waals surface area contributed by atoms with Gasteiger partial charge in [0.05, 0.1) is 26.1 Å². The molecule has 11 heteroatoms. The number of nitrogens with zero attached hydrogens (tertiary/aromatic N) is 3. The number of halogens is 2. The highest BCUT2D eigenvalue weighted by atomic mass is 35.5. The van der Waals surface area contributed by atoms with E-state index >= 15 is 0 Å². The minimum Gasteiger partial charge on any atom is -0.493 e. The largest absolute Gasteiger partial charge is 0.493 e. The van der Waals surface area contributed by atoms with Crippen LogP contribution in [0.25, 0.3) is 10.9 Å². The molecule has 33 heavy (non-hydrogen) atoms. The van der Waals surface area contributed by atoms with Crippen molar-refractivity contribution in [3.63, 3.8) is 0 Å². The molecule has 1 aromatic heterocycles. The first kappa shape index (κ1) is 22.8. The van der Waals surface area contributed by atoms with Crippen LogP contribution >= 0.6 is 23.2 Å². The average Bonchev–Trinajstić information content (AvgIpc) is 3.13. The van der Waals surface area contributed by atoms with Crippen LogP contribution in [0.2, 0.25) is 10.0 Å². The molecule has 168 valence electrons. The van der Waals surface area contributed by atoms with Crippen molar-refractivity contribution in [3.05, 3.63) is 82.8 Å². The van der Waals surface area contributed by atoms with E-state index in [0.29, 0.717) is 10.9 Å². The number of rotatable bonds is 6. The number of aromatic amines is 1. The number of aromatic nitrogens is 1. The van der Waals surface area contributed by atoms with Crippen LogP contribution in [0.3, 0.4) is 0 Å². The summed E-state index contributed by atoms with van der Waals surface area (Å²) in [6.07, 6.45) is 0. The smallest absolute Gasteiger partial charge is 0.285 e. The van der Waals surface area contributed by atoms with E-state index in [-0.39, 0.29) is 32.2 Å². The summed E-state index contributed by atoms with van der Waals surface area (Å²) < 4.78 is 27.5. The quantitative estimate of drug-likeness (QED) is 0.329. The number of hydrogen-bond acceptors (Lipinski definition) is 5. The van der Waals surface area contributed by atoms with Crippen LogP contribution in [-0.2, 0) is 14.8 Å². The van der Waals surface area contributed by atoms with Crippen molar-refractivity contribution in [2.24, 2.45) is 10.2 Å². The van der Waals surface area contributed by atoms with Gasteiger partial charge in [-0.15, -0.1) is 10.2 Å². The number of H-pyrrole nitrogens is 1. The maximum atomic E-state index is 13.3. The molecule has 3 aromatic carbocycles. The van der Waals surface area contributed by atoms with Crippen LogP contribution in [-0.4, -0.2) is 31.0 Å². The van der Waals surface area contributed by atoms with E-state index in [4.69, 9.17) is 23.2 Å². The number of azo groups is 1. The maximum absolute atomic E-state index is 13.3. The van der Waals surface area contributed by atoms with Crippen LogP contribution < -0.4 is 4.31 Å². The number of sulfonamides is 1. The van der Waals surface area contributed by atoms with Crippen LogP contribution in [0.4, 0.5) is 11.4 Å². The molecule has 4 rings (SSSR count). The SMILES string of the molecule is O=C(CN(c1cccc(Cl)c1Cl)S(=O)(=O)c1ccccc1)N=Nc1c(O)[nH]c2ccccc12. The predicted octanol–water partition coefficient (Wildman–Crippen LogP) is 5.69. The Morgan fingerprint density at radius 3 is 2.42 bits per heavy atom. The number of nitrogens with one attached hydrogen (secondary N) is 1. The van der Waals surface area contributed by atoms with Gasteiger partial charge in [-0.2, -0.15) is 0 Å². The Hall–Kier alpha value is -3.40. The van der Waals surface area contributed by atoms with Crippen molar-refractivity contribution in [2.45, 2.75) is 4.90 Å².